The van der Waals surface area contributed by atoms with Crippen molar-refractivity contribution >= 4 is 31.6 Å². The summed E-state index contributed by atoms with van der Waals surface area (Å²) in [6.07, 6.45) is 1.33. The number of aromatic amines is 1. The molecule has 1 heterocycles. The third kappa shape index (κ3) is 3.14. The average Bonchev–Trinajstić information content (AvgIpc) is 2.88. The standard InChI is InChI=1S/C12H13BrN2O4S/c1-19-12-3-2-8(5-11(12)13)15-20(17,18)10-4-9(7-16)14-6-10/h2-6,14-16H,7H2,1H3. The van der Waals surface area contributed by atoms with E-state index in [4.69, 9.17) is 9.84 Å². The summed E-state index contributed by atoms with van der Waals surface area (Å²) in [6.45, 7) is -0.246. The lowest BCUT2D eigenvalue weighted by molar-refractivity contribution is 0.277. The van der Waals surface area contributed by atoms with E-state index in [2.05, 4.69) is 25.6 Å². The van der Waals surface area contributed by atoms with Gasteiger partial charge in [-0.05, 0) is 40.2 Å². The van der Waals surface area contributed by atoms with Crippen molar-refractivity contribution < 1.29 is 18.3 Å². The fraction of sp³-hybridized carbons (Fsp3) is 0.167. The summed E-state index contributed by atoms with van der Waals surface area (Å²) in [7, 11) is -2.16. The number of nitrogens with one attached hydrogen (secondary N) is 2. The molecule has 0 saturated heterocycles. The van der Waals surface area contributed by atoms with Gasteiger partial charge in [-0.15, -0.1) is 0 Å². The normalized spacial score (nSPS) is 11.3. The number of rotatable bonds is 5. The average molecular weight is 361 g/mol. The van der Waals surface area contributed by atoms with E-state index in [1.165, 1.54) is 19.4 Å². The van der Waals surface area contributed by atoms with Gasteiger partial charge in [0.05, 0.1) is 23.9 Å². The highest BCUT2D eigenvalue weighted by atomic mass is 79.9. The van der Waals surface area contributed by atoms with Crippen molar-refractivity contribution in [2.75, 3.05) is 11.8 Å². The third-order valence-electron chi connectivity index (χ3n) is 2.60. The van der Waals surface area contributed by atoms with Crippen LogP contribution in [-0.2, 0) is 16.6 Å². The molecule has 0 bridgehead atoms. The van der Waals surface area contributed by atoms with Crippen LogP contribution in [0.5, 0.6) is 5.75 Å². The molecule has 0 radical (unpaired) electrons. The van der Waals surface area contributed by atoms with Gasteiger partial charge >= 0.3 is 0 Å². The molecule has 8 heteroatoms. The van der Waals surface area contributed by atoms with Crippen molar-refractivity contribution in [3.8, 4) is 5.75 Å². The second-order valence-corrected chi connectivity index (χ2v) is 6.51. The Morgan fingerprint density at radius 2 is 2.15 bits per heavy atom. The number of H-pyrrole nitrogens is 1. The molecule has 0 atom stereocenters. The van der Waals surface area contributed by atoms with Crippen molar-refractivity contribution in [2.45, 2.75) is 11.5 Å². The van der Waals surface area contributed by atoms with Crippen LogP contribution < -0.4 is 9.46 Å². The summed E-state index contributed by atoms with van der Waals surface area (Å²) in [4.78, 5) is 2.74. The Morgan fingerprint density at radius 1 is 1.40 bits per heavy atom. The first-order chi connectivity index (χ1) is 9.46. The Balaban J connectivity index is 2.26. The van der Waals surface area contributed by atoms with Gasteiger partial charge in [-0.25, -0.2) is 8.42 Å². The Hall–Kier alpha value is -1.51. The molecule has 0 aliphatic heterocycles. The minimum Gasteiger partial charge on any atom is -0.496 e. The molecule has 1 aromatic carbocycles. The number of benzene rings is 1. The van der Waals surface area contributed by atoms with E-state index in [0.29, 0.717) is 21.6 Å². The minimum atomic E-state index is -3.69. The maximum absolute atomic E-state index is 12.1. The van der Waals surface area contributed by atoms with Gasteiger partial charge in [-0.3, -0.25) is 4.72 Å². The summed E-state index contributed by atoms with van der Waals surface area (Å²) in [5.74, 6) is 0.608. The third-order valence-corrected chi connectivity index (χ3v) is 4.58. The Morgan fingerprint density at radius 3 is 2.70 bits per heavy atom. The minimum absolute atomic E-state index is 0.0634. The number of methoxy groups -OCH3 is 1. The largest absolute Gasteiger partial charge is 0.496 e. The van der Waals surface area contributed by atoms with Crippen LogP contribution in [0.25, 0.3) is 0 Å². The zero-order valence-corrected chi connectivity index (χ0v) is 13.0. The van der Waals surface area contributed by atoms with Crippen LogP contribution in [0, 0.1) is 0 Å². The van der Waals surface area contributed by atoms with Crippen molar-refractivity contribution in [3.05, 3.63) is 40.6 Å². The summed E-state index contributed by atoms with van der Waals surface area (Å²) in [5, 5.41) is 8.93. The Bertz CT molecular complexity index is 712. The number of halogens is 1. The first kappa shape index (κ1) is 14.9. The van der Waals surface area contributed by atoms with E-state index < -0.39 is 10.0 Å². The molecule has 0 aliphatic carbocycles. The molecule has 0 saturated carbocycles. The molecule has 20 heavy (non-hydrogen) atoms. The summed E-state index contributed by atoms with van der Waals surface area (Å²) in [5.41, 5.74) is 0.839. The van der Waals surface area contributed by atoms with Gasteiger partial charge in [-0.2, -0.15) is 0 Å². The van der Waals surface area contributed by atoms with E-state index in [1.54, 1.807) is 18.2 Å². The second kappa shape index (κ2) is 5.86. The number of aliphatic hydroxyl groups excluding tert-OH is 1. The highest BCUT2D eigenvalue weighted by Crippen LogP contribution is 2.28. The van der Waals surface area contributed by atoms with Gasteiger partial charge in [0.1, 0.15) is 10.6 Å². The molecule has 6 nitrogen and oxygen atoms in total. The molecule has 0 fully saturated rings. The van der Waals surface area contributed by atoms with Crippen LogP contribution >= 0.6 is 15.9 Å². The molecule has 1 aromatic heterocycles. The van der Waals surface area contributed by atoms with E-state index in [-0.39, 0.29) is 11.5 Å². The van der Waals surface area contributed by atoms with Crippen molar-refractivity contribution in [1.82, 2.24) is 4.98 Å². The lowest BCUT2D eigenvalue weighted by atomic mass is 10.3. The van der Waals surface area contributed by atoms with Gasteiger partial charge in [0.15, 0.2) is 0 Å². The number of anilines is 1. The predicted molar refractivity (Wildman–Crippen MR) is 78.2 cm³/mol. The van der Waals surface area contributed by atoms with Crippen LogP contribution in [0.3, 0.4) is 0 Å². The molecular formula is C12H13BrN2O4S. The fourth-order valence-electron chi connectivity index (χ4n) is 1.61. The SMILES string of the molecule is COc1ccc(NS(=O)(=O)c2c[nH]c(CO)c2)cc1Br. The van der Waals surface area contributed by atoms with E-state index in [1.807, 2.05) is 0 Å². The number of aromatic nitrogens is 1. The van der Waals surface area contributed by atoms with Gasteiger partial charge in [0.2, 0.25) is 0 Å². The summed E-state index contributed by atoms with van der Waals surface area (Å²) >= 11 is 3.29. The van der Waals surface area contributed by atoms with Gasteiger partial charge in [-0.1, -0.05) is 0 Å². The zero-order valence-electron chi connectivity index (χ0n) is 10.6. The van der Waals surface area contributed by atoms with Gasteiger partial charge in [0.25, 0.3) is 10.0 Å². The molecule has 2 rings (SSSR count). The van der Waals surface area contributed by atoms with Crippen LogP contribution in [0.1, 0.15) is 5.69 Å². The monoisotopic (exact) mass is 360 g/mol. The van der Waals surface area contributed by atoms with Crippen molar-refractivity contribution in [3.63, 3.8) is 0 Å². The number of sulfonamides is 1. The van der Waals surface area contributed by atoms with Crippen LogP contribution in [0.15, 0.2) is 39.8 Å². The fourth-order valence-corrected chi connectivity index (χ4v) is 3.22. The first-order valence-corrected chi connectivity index (χ1v) is 7.88. The molecule has 0 amide bonds. The Labute approximate surface area is 125 Å². The van der Waals surface area contributed by atoms with Crippen LogP contribution in [-0.4, -0.2) is 25.6 Å². The van der Waals surface area contributed by atoms with Crippen molar-refractivity contribution in [1.29, 1.82) is 0 Å². The van der Waals surface area contributed by atoms with Crippen LogP contribution in [0.2, 0.25) is 0 Å². The Kier molecular flexibility index (Phi) is 4.36. The maximum atomic E-state index is 12.1. The quantitative estimate of drug-likeness (QED) is 0.761. The highest BCUT2D eigenvalue weighted by Gasteiger charge is 2.16. The molecule has 0 spiro atoms. The topological polar surface area (TPSA) is 91.4 Å². The van der Waals surface area contributed by atoms with E-state index >= 15 is 0 Å². The van der Waals surface area contributed by atoms with Gasteiger partial charge in [0, 0.05) is 11.9 Å². The van der Waals surface area contributed by atoms with E-state index in [0.717, 1.165) is 0 Å². The highest BCUT2D eigenvalue weighted by molar-refractivity contribution is 9.10. The maximum Gasteiger partial charge on any atom is 0.263 e. The summed E-state index contributed by atoms with van der Waals surface area (Å²) in [6, 6.07) is 6.23. The second-order valence-electron chi connectivity index (χ2n) is 3.97. The number of hydrogen-bond donors (Lipinski definition) is 3. The first-order valence-electron chi connectivity index (χ1n) is 5.61. The smallest absolute Gasteiger partial charge is 0.263 e. The molecular weight excluding hydrogens is 348 g/mol. The number of hydrogen-bond acceptors (Lipinski definition) is 4. The molecule has 2 aromatic rings. The zero-order chi connectivity index (χ0) is 14.8. The molecule has 3 N–H and O–H groups in total. The van der Waals surface area contributed by atoms with Gasteiger partial charge < -0.3 is 14.8 Å². The molecule has 108 valence electrons. The number of aliphatic hydroxyl groups is 1. The van der Waals surface area contributed by atoms with E-state index in [9.17, 15) is 8.42 Å². The molecule has 0 unspecified atom stereocenters. The molecule has 0 aliphatic rings. The summed E-state index contributed by atoms with van der Waals surface area (Å²) < 4.78 is 32.4. The number of ether oxygens (including phenoxy) is 1. The van der Waals surface area contributed by atoms with Crippen LogP contribution in [0.4, 0.5) is 5.69 Å². The lowest BCUT2D eigenvalue weighted by Gasteiger charge is -2.09. The predicted octanol–water partition coefficient (Wildman–Crippen LogP) is 2.08. The van der Waals surface area contributed by atoms with Crippen molar-refractivity contribution in [2.24, 2.45) is 0 Å². The lowest BCUT2D eigenvalue weighted by Crippen LogP contribution is -2.12.